The normalized spacial score (nSPS) is 10.8. The molecule has 96 valence electrons. The number of benzene rings is 1. The summed E-state index contributed by atoms with van der Waals surface area (Å²) in [6.07, 6.45) is 1.74. The highest BCUT2D eigenvalue weighted by Crippen LogP contribution is 2.31. The average molecular weight is 288 g/mol. The lowest BCUT2D eigenvalue weighted by atomic mass is 10.2. The molecule has 6 heteroatoms. The number of aryl methyl sites for hydroxylation is 1. The van der Waals surface area contributed by atoms with Gasteiger partial charge in [0.05, 0.1) is 11.9 Å². The van der Waals surface area contributed by atoms with E-state index in [1.165, 1.54) is 10.4 Å². The Kier molecular flexibility index (Phi) is 3.61. The van der Waals surface area contributed by atoms with Crippen LogP contribution in [0.25, 0.3) is 10.6 Å². The maximum absolute atomic E-state index is 4.64. The van der Waals surface area contributed by atoms with Crippen LogP contribution in [0.1, 0.15) is 10.6 Å². The molecule has 4 nitrogen and oxygen atoms in total. The number of H-pyrrole nitrogens is 1. The minimum absolute atomic E-state index is 0.878. The summed E-state index contributed by atoms with van der Waals surface area (Å²) in [5.74, 6) is 0.878. The lowest BCUT2D eigenvalue weighted by Gasteiger charge is -1.94. The van der Waals surface area contributed by atoms with E-state index in [2.05, 4.69) is 39.5 Å². The van der Waals surface area contributed by atoms with Gasteiger partial charge in [0.25, 0.3) is 0 Å². The van der Waals surface area contributed by atoms with E-state index in [0.717, 1.165) is 21.5 Å². The van der Waals surface area contributed by atoms with Crippen molar-refractivity contribution >= 4 is 23.1 Å². The van der Waals surface area contributed by atoms with Crippen LogP contribution >= 0.6 is 23.1 Å². The number of aromatic amines is 1. The van der Waals surface area contributed by atoms with Crippen LogP contribution in [0, 0.1) is 6.92 Å². The van der Waals surface area contributed by atoms with Gasteiger partial charge in [-0.05, 0) is 6.92 Å². The van der Waals surface area contributed by atoms with Crippen molar-refractivity contribution < 1.29 is 0 Å². The van der Waals surface area contributed by atoms with Crippen LogP contribution in [0.5, 0.6) is 0 Å². The fourth-order valence-electron chi connectivity index (χ4n) is 1.67. The first-order chi connectivity index (χ1) is 9.33. The highest BCUT2D eigenvalue weighted by molar-refractivity contribution is 7.98. The van der Waals surface area contributed by atoms with E-state index in [1.54, 1.807) is 29.3 Å². The zero-order valence-corrected chi connectivity index (χ0v) is 12.0. The van der Waals surface area contributed by atoms with Crippen molar-refractivity contribution in [3.63, 3.8) is 0 Å². The van der Waals surface area contributed by atoms with E-state index < -0.39 is 0 Å². The Hall–Kier alpha value is -1.66. The van der Waals surface area contributed by atoms with Gasteiger partial charge in [0.2, 0.25) is 0 Å². The fourth-order valence-corrected chi connectivity index (χ4v) is 3.66. The smallest absolute Gasteiger partial charge is 0.139 e. The Bertz CT molecular complexity index is 647. The standard InChI is InChI=1S/C13H12N4S2/c1-9-11(8-18-12-7-14-17-16-12)19-13(15-9)10-5-3-2-4-6-10/h2-7H,8H2,1H3,(H,14,16,17). The molecular formula is C13H12N4S2. The molecule has 0 bridgehead atoms. The van der Waals surface area contributed by atoms with Crippen LogP contribution in [0.2, 0.25) is 0 Å². The second kappa shape index (κ2) is 5.54. The van der Waals surface area contributed by atoms with Crippen molar-refractivity contribution in [2.45, 2.75) is 17.7 Å². The Balaban J connectivity index is 1.78. The van der Waals surface area contributed by atoms with Gasteiger partial charge in [0.1, 0.15) is 10.0 Å². The van der Waals surface area contributed by atoms with E-state index in [4.69, 9.17) is 0 Å². The summed E-state index contributed by atoms with van der Waals surface area (Å²) in [5.41, 5.74) is 2.27. The first-order valence-corrected chi connectivity index (χ1v) is 7.63. The largest absolute Gasteiger partial charge is 0.241 e. The molecule has 0 fully saturated rings. The van der Waals surface area contributed by atoms with Gasteiger partial charge in [-0.2, -0.15) is 10.3 Å². The summed E-state index contributed by atoms with van der Waals surface area (Å²) in [6.45, 7) is 2.06. The number of thioether (sulfide) groups is 1. The van der Waals surface area contributed by atoms with Crippen molar-refractivity contribution in [1.29, 1.82) is 0 Å². The molecule has 0 saturated carbocycles. The number of hydrogen-bond donors (Lipinski definition) is 1. The maximum Gasteiger partial charge on any atom is 0.139 e. The Labute approximate surface area is 119 Å². The van der Waals surface area contributed by atoms with Crippen LogP contribution in [-0.4, -0.2) is 20.4 Å². The molecule has 0 spiro atoms. The molecule has 0 amide bonds. The molecule has 0 unspecified atom stereocenters. The zero-order valence-electron chi connectivity index (χ0n) is 10.3. The summed E-state index contributed by atoms with van der Waals surface area (Å²) in [6, 6.07) is 10.3. The van der Waals surface area contributed by atoms with Gasteiger partial charge >= 0.3 is 0 Å². The fraction of sp³-hybridized carbons (Fsp3) is 0.154. The van der Waals surface area contributed by atoms with Crippen molar-refractivity contribution in [2.24, 2.45) is 0 Å². The molecule has 2 heterocycles. The van der Waals surface area contributed by atoms with Crippen LogP contribution in [0.15, 0.2) is 41.6 Å². The van der Waals surface area contributed by atoms with Crippen molar-refractivity contribution in [1.82, 2.24) is 20.4 Å². The van der Waals surface area contributed by atoms with Crippen molar-refractivity contribution in [3.05, 3.63) is 47.1 Å². The van der Waals surface area contributed by atoms with Gasteiger partial charge < -0.3 is 0 Å². The number of nitrogens with one attached hydrogen (secondary N) is 1. The van der Waals surface area contributed by atoms with E-state index in [0.29, 0.717) is 0 Å². The van der Waals surface area contributed by atoms with Crippen molar-refractivity contribution in [2.75, 3.05) is 0 Å². The predicted molar refractivity (Wildman–Crippen MR) is 78.2 cm³/mol. The summed E-state index contributed by atoms with van der Waals surface area (Å²) in [5, 5.41) is 12.4. The molecule has 3 rings (SSSR count). The summed E-state index contributed by atoms with van der Waals surface area (Å²) in [7, 11) is 0. The molecule has 19 heavy (non-hydrogen) atoms. The summed E-state index contributed by atoms with van der Waals surface area (Å²) < 4.78 is 0. The van der Waals surface area contributed by atoms with Crippen molar-refractivity contribution in [3.8, 4) is 10.6 Å². The topological polar surface area (TPSA) is 54.5 Å². The van der Waals surface area contributed by atoms with Gasteiger partial charge in [-0.3, -0.25) is 0 Å². The van der Waals surface area contributed by atoms with Crippen LogP contribution in [0.3, 0.4) is 0 Å². The third kappa shape index (κ3) is 2.85. The first kappa shape index (κ1) is 12.4. The summed E-state index contributed by atoms with van der Waals surface area (Å²) >= 11 is 3.41. The van der Waals surface area contributed by atoms with Gasteiger partial charge in [-0.15, -0.1) is 16.4 Å². The summed E-state index contributed by atoms with van der Waals surface area (Å²) in [4.78, 5) is 5.93. The van der Waals surface area contributed by atoms with Gasteiger partial charge in [0.15, 0.2) is 0 Å². The second-order valence-corrected chi connectivity index (χ2v) is 6.07. The number of thiazole rings is 1. The minimum Gasteiger partial charge on any atom is -0.241 e. The second-order valence-electron chi connectivity index (χ2n) is 3.99. The number of rotatable bonds is 4. The van der Waals surface area contributed by atoms with E-state index in [1.807, 2.05) is 18.2 Å². The highest BCUT2D eigenvalue weighted by Gasteiger charge is 2.10. The molecule has 0 saturated heterocycles. The van der Waals surface area contributed by atoms with Gasteiger partial charge in [-0.1, -0.05) is 42.1 Å². The van der Waals surface area contributed by atoms with Crippen LogP contribution in [-0.2, 0) is 5.75 Å². The Morgan fingerprint density at radius 2 is 2.11 bits per heavy atom. The minimum atomic E-state index is 0.878. The lowest BCUT2D eigenvalue weighted by molar-refractivity contribution is 0.911. The molecule has 0 radical (unpaired) electrons. The third-order valence-electron chi connectivity index (χ3n) is 2.66. The quantitative estimate of drug-likeness (QED) is 0.746. The molecule has 2 aromatic heterocycles. The van der Waals surface area contributed by atoms with E-state index >= 15 is 0 Å². The Morgan fingerprint density at radius 3 is 2.84 bits per heavy atom. The predicted octanol–water partition coefficient (Wildman–Crippen LogP) is 3.53. The Morgan fingerprint density at radius 1 is 1.26 bits per heavy atom. The number of hydrogen-bond acceptors (Lipinski definition) is 5. The van der Waals surface area contributed by atoms with E-state index in [9.17, 15) is 0 Å². The SMILES string of the molecule is Cc1nc(-c2ccccc2)sc1CSc1cn[nH]n1. The molecule has 1 N–H and O–H groups in total. The van der Waals surface area contributed by atoms with Gasteiger partial charge in [-0.25, -0.2) is 4.98 Å². The third-order valence-corrected chi connectivity index (χ3v) is 4.97. The van der Waals surface area contributed by atoms with Crippen LogP contribution < -0.4 is 0 Å². The number of nitrogens with zero attached hydrogens (tertiary/aromatic N) is 3. The molecule has 0 aliphatic carbocycles. The maximum atomic E-state index is 4.64. The molecule has 0 aliphatic rings. The zero-order chi connectivity index (χ0) is 13.1. The molecular weight excluding hydrogens is 276 g/mol. The van der Waals surface area contributed by atoms with Crippen LogP contribution in [0.4, 0.5) is 0 Å². The van der Waals surface area contributed by atoms with Gasteiger partial charge in [0, 0.05) is 16.2 Å². The average Bonchev–Trinajstić information content (AvgIpc) is 3.07. The first-order valence-electron chi connectivity index (χ1n) is 5.83. The molecule has 0 atom stereocenters. The molecule has 1 aromatic carbocycles. The number of aromatic nitrogens is 4. The highest BCUT2D eigenvalue weighted by atomic mass is 32.2. The molecule has 3 aromatic rings. The molecule has 0 aliphatic heterocycles. The van der Waals surface area contributed by atoms with E-state index in [-0.39, 0.29) is 0 Å². The lowest BCUT2D eigenvalue weighted by Crippen LogP contribution is -1.80. The monoisotopic (exact) mass is 288 g/mol.